The van der Waals surface area contributed by atoms with E-state index in [1.165, 1.54) is 7.11 Å². The fourth-order valence-corrected chi connectivity index (χ4v) is 1.89. The van der Waals surface area contributed by atoms with Gasteiger partial charge in [0.25, 0.3) is 0 Å². The zero-order valence-corrected chi connectivity index (χ0v) is 11.6. The molecule has 20 heavy (non-hydrogen) atoms. The Kier molecular flexibility index (Phi) is 4.25. The third kappa shape index (κ3) is 3.09. The summed E-state index contributed by atoms with van der Waals surface area (Å²) in [5.74, 6) is 0.291. The zero-order chi connectivity index (χ0) is 14.5. The third-order valence-electron chi connectivity index (χ3n) is 2.99. The predicted octanol–water partition coefficient (Wildman–Crippen LogP) is 2.94. The lowest BCUT2D eigenvalue weighted by Gasteiger charge is -2.12. The molecule has 0 aliphatic carbocycles. The highest BCUT2D eigenvalue weighted by atomic mass is 16.5. The molecule has 0 heterocycles. The number of esters is 1. The van der Waals surface area contributed by atoms with Crippen LogP contribution in [0, 0.1) is 6.92 Å². The number of rotatable bonds is 4. The first kappa shape index (κ1) is 13.9. The SMILES string of the molecule is COC(=O)c1c(N)cccc1COc1ccc(C)cc1. The van der Waals surface area contributed by atoms with E-state index in [9.17, 15) is 4.79 Å². The summed E-state index contributed by atoms with van der Waals surface area (Å²) in [6, 6.07) is 13.0. The zero-order valence-electron chi connectivity index (χ0n) is 11.6. The molecular weight excluding hydrogens is 254 g/mol. The van der Waals surface area contributed by atoms with Crippen molar-refractivity contribution in [2.75, 3.05) is 12.8 Å². The summed E-state index contributed by atoms with van der Waals surface area (Å²) in [6.45, 7) is 2.27. The minimum Gasteiger partial charge on any atom is -0.489 e. The van der Waals surface area contributed by atoms with Crippen molar-refractivity contribution in [3.63, 3.8) is 0 Å². The smallest absolute Gasteiger partial charge is 0.340 e. The van der Waals surface area contributed by atoms with Crippen LogP contribution in [0.3, 0.4) is 0 Å². The Morgan fingerprint density at radius 2 is 1.85 bits per heavy atom. The lowest BCUT2D eigenvalue weighted by molar-refractivity contribution is 0.0599. The molecule has 0 radical (unpaired) electrons. The van der Waals surface area contributed by atoms with Crippen LogP contribution >= 0.6 is 0 Å². The standard InChI is InChI=1S/C16H17NO3/c1-11-6-8-13(9-7-11)20-10-12-4-3-5-14(17)15(12)16(18)19-2/h3-9H,10,17H2,1-2H3. The van der Waals surface area contributed by atoms with Crippen molar-refractivity contribution in [2.45, 2.75) is 13.5 Å². The summed E-state index contributed by atoms with van der Waals surface area (Å²) in [4.78, 5) is 11.8. The largest absolute Gasteiger partial charge is 0.489 e. The Morgan fingerprint density at radius 1 is 1.15 bits per heavy atom. The molecule has 104 valence electrons. The number of carbonyl (C=O) groups is 1. The van der Waals surface area contributed by atoms with Crippen LogP contribution in [-0.2, 0) is 11.3 Å². The number of aryl methyl sites for hydroxylation is 1. The van der Waals surface area contributed by atoms with Gasteiger partial charge in [0.2, 0.25) is 0 Å². The van der Waals surface area contributed by atoms with Crippen LogP contribution in [-0.4, -0.2) is 13.1 Å². The van der Waals surface area contributed by atoms with E-state index in [4.69, 9.17) is 15.2 Å². The minimum absolute atomic E-state index is 0.262. The lowest BCUT2D eigenvalue weighted by atomic mass is 10.1. The van der Waals surface area contributed by atoms with Gasteiger partial charge in [0.15, 0.2) is 0 Å². The number of carbonyl (C=O) groups excluding carboxylic acids is 1. The number of anilines is 1. The molecular formula is C16H17NO3. The summed E-state index contributed by atoms with van der Waals surface area (Å²) in [5.41, 5.74) is 8.45. The summed E-state index contributed by atoms with van der Waals surface area (Å²) in [7, 11) is 1.33. The Hall–Kier alpha value is -2.49. The number of nitrogen functional groups attached to an aromatic ring is 1. The van der Waals surface area contributed by atoms with Gasteiger partial charge in [0.05, 0.1) is 12.7 Å². The molecule has 0 atom stereocenters. The summed E-state index contributed by atoms with van der Waals surface area (Å²) < 4.78 is 10.4. The molecule has 0 saturated carbocycles. The number of benzene rings is 2. The van der Waals surface area contributed by atoms with Crippen LogP contribution in [0.1, 0.15) is 21.5 Å². The van der Waals surface area contributed by atoms with Gasteiger partial charge in [-0.15, -0.1) is 0 Å². The van der Waals surface area contributed by atoms with Crippen molar-refractivity contribution >= 4 is 11.7 Å². The number of hydrogen-bond donors (Lipinski definition) is 1. The molecule has 4 heteroatoms. The van der Waals surface area contributed by atoms with Crippen molar-refractivity contribution in [3.05, 3.63) is 59.2 Å². The highest BCUT2D eigenvalue weighted by Crippen LogP contribution is 2.20. The van der Waals surface area contributed by atoms with Crippen molar-refractivity contribution < 1.29 is 14.3 Å². The van der Waals surface area contributed by atoms with Gasteiger partial charge in [0.1, 0.15) is 12.4 Å². The lowest BCUT2D eigenvalue weighted by Crippen LogP contribution is -2.11. The van der Waals surface area contributed by atoms with E-state index in [2.05, 4.69) is 0 Å². The monoisotopic (exact) mass is 271 g/mol. The Bertz CT molecular complexity index is 606. The van der Waals surface area contributed by atoms with E-state index >= 15 is 0 Å². The van der Waals surface area contributed by atoms with Gasteiger partial charge in [-0.3, -0.25) is 0 Å². The van der Waals surface area contributed by atoms with Gasteiger partial charge in [-0.05, 0) is 25.1 Å². The Labute approximate surface area is 118 Å². The number of hydrogen-bond acceptors (Lipinski definition) is 4. The topological polar surface area (TPSA) is 61.5 Å². The third-order valence-corrected chi connectivity index (χ3v) is 2.99. The molecule has 2 rings (SSSR count). The van der Waals surface area contributed by atoms with Gasteiger partial charge < -0.3 is 15.2 Å². The molecule has 0 unspecified atom stereocenters. The van der Waals surface area contributed by atoms with Gasteiger partial charge in [-0.25, -0.2) is 4.79 Å². The van der Waals surface area contributed by atoms with E-state index in [1.807, 2.05) is 31.2 Å². The maximum absolute atomic E-state index is 11.8. The molecule has 0 spiro atoms. The number of methoxy groups -OCH3 is 1. The molecule has 0 aromatic heterocycles. The molecule has 4 nitrogen and oxygen atoms in total. The second kappa shape index (κ2) is 6.10. The molecule has 2 N–H and O–H groups in total. The molecule has 0 aliphatic heterocycles. The Balaban J connectivity index is 2.19. The fraction of sp³-hybridized carbons (Fsp3) is 0.188. The maximum atomic E-state index is 11.8. The first-order chi connectivity index (χ1) is 9.61. The van der Waals surface area contributed by atoms with Gasteiger partial charge in [-0.2, -0.15) is 0 Å². The van der Waals surface area contributed by atoms with E-state index < -0.39 is 5.97 Å². The van der Waals surface area contributed by atoms with E-state index in [0.717, 1.165) is 11.3 Å². The summed E-state index contributed by atoms with van der Waals surface area (Å²) in [6.07, 6.45) is 0. The van der Waals surface area contributed by atoms with Gasteiger partial charge in [-0.1, -0.05) is 29.8 Å². The van der Waals surface area contributed by atoms with Crippen LogP contribution < -0.4 is 10.5 Å². The second-order valence-corrected chi connectivity index (χ2v) is 4.47. The Morgan fingerprint density at radius 3 is 2.50 bits per heavy atom. The van der Waals surface area contributed by atoms with Crippen molar-refractivity contribution in [1.82, 2.24) is 0 Å². The molecule has 2 aromatic carbocycles. The van der Waals surface area contributed by atoms with Crippen LogP contribution in [0.5, 0.6) is 5.75 Å². The first-order valence-electron chi connectivity index (χ1n) is 6.27. The minimum atomic E-state index is -0.453. The summed E-state index contributed by atoms with van der Waals surface area (Å²) in [5, 5.41) is 0. The quantitative estimate of drug-likeness (QED) is 0.686. The number of ether oxygens (including phenoxy) is 2. The normalized spacial score (nSPS) is 10.1. The van der Waals surface area contributed by atoms with Gasteiger partial charge >= 0.3 is 5.97 Å². The van der Waals surface area contributed by atoms with Gasteiger partial charge in [0, 0.05) is 11.3 Å². The molecule has 0 saturated heterocycles. The van der Waals surface area contributed by atoms with Crippen molar-refractivity contribution in [1.29, 1.82) is 0 Å². The van der Waals surface area contributed by atoms with Crippen LogP contribution in [0.2, 0.25) is 0 Å². The molecule has 2 aromatic rings. The number of nitrogens with two attached hydrogens (primary N) is 1. The van der Waals surface area contributed by atoms with Crippen molar-refractivity contribution in [2.24, 2.45) is 0 Å². The molecule has 0 amide bonds. The predicted molar refractivity (Wildman–Crippen MR) is 77.7 cm³/mol. The average molecular weight is 271 g/mol. The van der Waals surface area contributed by atoms with Crippen LogP contribution in [0.25, 0.3) is 0 Å². The molecule has 0 bridgehead atoms. The van der Waals surface area contributed by atoms with Crippen LogP contribution in [0.4, 0.5) is 5.69 Å². The molecule has 0 fully saturated rings. The summed E-state index contributed by atoms with van der Waals surface area (Å²) >= 11 is 0. The fourth-order valence-electron chi connectivity index (χ4n) is 1.89. The van der Waals surface area contributed by atoms with Crippen molar-refractivity contribution in [3.8, 4) is 5.75 Å². The first-order valence-corrected chi connectivity index (χ1v) is 6.27. The van der Waals surface area contributed by atoms with Crippen LogP contribution in [0.15, 0.2) is 42.5 Å². The maximum Gasteiger partial charge on any atom is 0.340 e. The molecule has 0 aliphatic rings. The highest BCUT2D eigenvalue weighted by molar-refractivity contribution is 5.96. The second-order valence-electron chi connectivity index (χ2n) is 4.47. The average Bonchev–Trinajstić information content (AvgIpc) is 2.46. The van der Waals surface area contributed by atoms with E-state index in [1.54, 1.807) is 18.2 Å². The van der Waals surface area contributed by atoms with E-state index in [-0.39, 0.29) is 6.61 Å². The van der Waals surface area contributed by atoms with E-state index in [0.29, 0.717) is 16.8 Å². The highest BCUT2D eigenvalue weighted by Gasteiger charge is 2.15.